The molecule has 1 amide bonds. The van der Waals surface area contributed by atoms with Crippen molar-refractivity contribution in [3.63, 3.8) is 0 Å². The zero-order valence-corrected chi connectivity index (χ0v) is 19.0. The Kier molecular flexibility index (Phi) is 8.35. The molecule has 3 atom stereocenters. The molecule has 5 heteroatoms. The predicted molar refractivity (Wildman–Crippen MR) is 124 cm³/mol. The second-order valence-electron chi connectivity index (χ2n) is 8.65. The third-order valence-electron chi connectivity index (χ3n) is 6.00. The zero-order chi connectivity index (χ0) is 22.2. The molecule has 3 rings (SSSR count). The second-order valence-corrected chi connectivity index (χ2v) is 8.65. The first kappa shape index (κ1) is 23.1. The minimum atomic E-state index is -0.481. The van der Waals surface area contributed by atoms with Gasteiger partial charge in [-0.1, -0.05) is 57.2 Å². The number of nitrogens with zero attached hydrogens (tertiary/aromatic N) is 1. The van der Waals surface area contributed by atoms with Crippen molar-refractivity contribution >= 4 is 5.91 Å². The van der Waals surface area contributed by atoms with Crippen LogP contribution >= 0.6 is 0 Å². The molecule has 2 N–H and O–H groups in total. The van der Waals surface area contributed by atoms with Crippen LogP contribution in [0, 0.1) is 5.92 Å². The van der Waals surface area contributed by atoms with Crippen molar-refractivity contribution in [2.45, 2.75) is 64.6 Å². The predicted octanol–water partition coefficient (Wildman–Crippen LogP) is 4.44. The lowest BCUT2D eigenvalue weighted by Gasteiger charge is -2.28. The fourth-order valence-electron chi connectivity index (χ4n) is 4.11. The molecule has 0 bridgehead atoms. The summed E-state index contributed by atoms with van der Waals surface area (Å²) in [5.41, 5.74) is 7.43. The molecular formula is C26H36N2O3. The number of hydrogen-bond donors (Lipinski definition) is 1. The molecule has 1 heterocycles. The second kappa shape index (κ2) is 11.2. The topological polar surface area (TPSA) is 64.8 Å². The Balaban J connectivity index is 1.59. The van der Waals surface area contributed by atoms with Gasteiger partial charge < -0.3 is 20.1 Å². The Morgan fingerprint density at radius 2 is 1.84 bits per heavy atom. The molecule has 0 spiro atoms. The SMILES string of the molecule is CCc1ccccc1OCCC[C@@H]1C[C@H](Oc2ccccc2)CN1C(=O)C(N)C(C)C. The van der Waals surface area contributed by atoms with Crippen molar-refractivity contribution in [3.05, 3.63) is 60.2 Å². The first-order valence-electron chi connectivity index (χ1n) is 11.5. The monoisotopic (exact) mass is 424 g/mol. The molecule has 1 aliphatic heterocycles. The van der Waals surface area contributed by atoms with E-state index in [-0.39, 0.29) is 24.0 Å². The number of ether oxygens (including phenoxy) is 2. The maximum Gasteiger partial charge on any atom is 0.240 e. The van der Waals surface area contributed by atoms with Crippen molar-refractivity contribution in [2.75, 3.05) is 13.2 Å². The molecule has 0 radical (unpaired) electrons. The summed E-state index contributed by atoms with van der Waals surface area (Å²) in [6, 6.07) is 17.6. The normalized spacial score (nSPS) is 19.5. The number of benzene rings is 2. The smallest absolute Gasteiger partial charge is 0.240 e. The van der Waals surface area contributed by atoms with Gasteiger partial charge in [-0.25, -0.2) is 0 Å². The van der Waals surface area contributed by atoms with E-state index in [0.29, 0.717) is 13.2 Å². The quantitative estimate of drug-likeness (QED) is 0.573. The number of para-hydroxylation sites is 2. The Hall–Kier alpha value is -2.53. The Morgan fingerprint density at radius 3 is 2.55 bits per heavy atom. The van der Waals surface area contributed by atoms with Crippen LogP contribution in [-0.2, 0) is 11.2 Å². The van der Waals surface area contributed by atoms with Crippen molar-refractivity contribution in [1.82, 2.24) is 4.90 Å². The van der Waals surface area contributed by atoms with Crippen LogP contribution in [0.5, 0.6) is 11.5 Å². The summed E-state index contributed by atoms with van der Waals surface area (Å²) in [5, 5.41) is 0. The standard InChI is InChI=1S/C26H36N2O3/c1-4-20-11-8-9-15-24(20)30-16-10-12-21-17-23(31-22-13-6-5-7-14-22)18-28(21)26(29)25(27)19(2)3/h5-9,11,13-15,19,21,23,25H,4,10,12,16-18,27H2,1-3H3/t21-,23+,25?/m1/s1. The fourth-order valence-corrected chi connectivity index (χ4v) is 4.11. The molecule has 168 valence electrons. The van der Waals surface area contributed by atoms with Gasteiger partial charge in [-0.2, -0.15) is 0 Å². The van der Waals surface area contributed by atoms with Gasteiger partial charge in [0.2, 0.25) is 5.91 Å². The van der Waals surface area contributed by atoms with Crippen LogP contribution in [0.25, 0.3) is 0 Å². The zero-order valence-electron chi connectivity index (χ0n) is 19.0. The molecule has 2 aromatic carbocycles. The molecule has 1 fully saturated rings. The lowest BCUT2D eigenvalue weighted by molar-refractivity contribution is -0.134. The summed E-state index contributed by atoms with van der Waals surface area (Å²) < 4.78 is 12.2. The summed E-state index contributed by atoms with van der Waals surface area (Å²) in [5.74, 6) is 1.93. The summed E-state index contributed by atoms with van der Waals surface area (Å²) in [7, 11) is 0. The van der Waals surface area contributed by atoms with Gasteiger partial charge in [-0.05, 0) is 48.9 Å². The Bertz CT molecular complexity index is 824. The number of hydrogen-bond acceptors (Lipinski definition) is 4. The third kappa shape index (κ3) is 6.23. The van der Waals surface area contributed by atoms with Crippen molar-refractivity contribution in [3.8, 4) is 11.5 Å². The van der Waals surface area contributed by atoms with Crippen LogP contribution < -0.4 is 15.2 Å². The summed E-state index contributed by atoms with van der Waals surface area (Å²) >= 11 is 0. The first-order valence-corrected chi connectivity index (χ1v) is 11.5. The average molecular weight is 425 g/mol. The van der Waals surface area contributed by atoms with Gasteiger partial charge in [0, 0.05) is 12.5 Å². The van der Waals surface area contributed by atoms with E-state index in [1.165, 1.54) is 5.56 Å². The first-order chi connectivity index (χ1) is 15.0. The van der Waals surface area contributed by atoms with Crippen LogP contribution in [0.15, 0.2) is 54.6 Å². The molecule has 5 nitrogen and oxygen atoms in total. The van der Waals surface area contributed by atoms with Gasteiger partial charge >= 0.3 is 0 Å². The van der Waals surface area contributed by atoms with E-state index in [1.807, 2.05) is 67.3 Å². The van der Waals surface area contributed by atoms with Gasteiger partial charge in [0.25, 0.3) is 0 Å². The van der Waals surface area contributed by atoms with E-state index in [4.69, 9.17) is 15.2 Å². The number of carbonyl (C=O) groups excluding carboxylic acids is 1. The van der Waals surface area contributed by atoms with E-state index >= 15 is 0 Å². The molecule has 0 aliphatic carbocycles. The molecule has 31 heavy (non-hydrogen) atoms. The minimum absolute atomic E-state index is 0.0163. The van der Waals surface area contributed by atoms with E-state index in [0.717, 1.165) is 37.2 Å². The molecular weight excluding hydrogens is 388 g/mol. The van der Waals surface area contributed by atoms with Crippen LogP contribution in [0.2, 0.25) is 0 Å². The van der Waals surface area contributed by atoms with Gasteiger partial charge in [0.05, 0.1) is 19.2 Å². The average Bonchev–Trinajstić information content (AvgIpc) is 3.18. The number of carbonyl (C=O) groups is 1. The summed E-state index contributed by atoms with van der Waals surface area (Å²) in [6.45, 7) is 7.33. The van der Waals surface area contributed by atoms with E-state index in [9.17, 15) is 4.79 Å². The highest BCUT2D eigenvalue weighted by molar-refractivity contribution is 5.82. The molecule has 1 aliphatic rings. The molecule has 0 saturated carbocycles. The van der Waals surface area contributed by atoms with Gasteiger partial charge in [0.15, 0.2) is 0 Å². The summed E-state index contributed by atoms with van der Waals surface area (Å²) in [4.78, 5) is 15.0. The van der Waals surface area contributed by atoms with Gasteiger partial charge in [-0.15, -0.1) is 0 Å². The van der Waals surface area contributed by atoms with Crippen molar-refractivity contribution in [2.24, 2.45) is 11.7 Å². The lowest BCUT2D eigenvalue weighted by atomic mass is 10.0. The maximum atomic E-state index is 13.0. The largest absolute Gasteiger partial charge is 0.493 e. The van der Waals surface area contributed by atoms with E-state index in [1.54, 1.807) is 0 Å². The van der Waals surface area contributed by atoms with Crippen LogP contribution in [-0.4, -0.2) is 42.1 Å². The lowest BCUT2D eigenvalue weighted by Crippen LogP contribution is -2.48. The molecule has 0 aromatic heterocycles. The van der Waals surface area contributed by atoms with Gasteiger partial charge in [-0.3, -0.25) is 4.79 Å². The van der Waals surface area contributed by atoms with Crippen molar-refractivity contribution in [1.29, 1.82) is 0 Å². The van der Waals surface area contributed by atoms with Crippen molar-refractivity contribution < 1.29 is 14.3 Å². The van der Waals surface area contributed by atoms with E-state index < -0.39 is 6.04 Å². The van der Waals surface area contributed by atoms with Gasteiger partial charge in [0.1, 0.15) is 17.6 Å². The third-order valence-corrected chi connectivity index (χ3v) is 6.00. The Labute approximate surface area is 186 Å². The minimum Gasteiger partial charge on any atom is -0.493 e. The molecule has 2 aromatic rings. The van der Waals surface area contributed by atoms with Crippen LogP contribution in [0.3, 0.4) is 0 Å². The Morgan fingerprint density at radius 1 is 1.13 bits per heavy atom. The van der Waals surface area contributed by atoms with Crippen LogP contribution in [0.1, 0.15) is 45.6 Å². The number of rotatable bonds is 10. The highest BCUT2D eigenvalue weighted by Crippen LogP contribution is 2.27. The maximum absolute atomic E-state index is 13.0. The summed E-state index contributed by atoms with van der Waals surface area (Å²) in [6.07, 6.45) is 3.50. The number of amides is 1. The highest BCUT2D eigenvalue weighted by atomic mass is 16.5. The molecule has 1 unspecified atom stereocenters. The number of likely N-dealkylation sites (tertiary alicyclic amines) is 1. The van der Waals surface area contributed by atoms with E-state index in [2.05, 4.69) is 13.0 Å². The number of aryl methyl sites for hydroxylation is 1. The fraction of sp³-hybridized carbons (Fsp3) is 0.500. The number of nitrogens with two attached hydrogens (primary N) is 1. The van der Waals surface area contributed by atoms with Crippen LogP contribution in [0.4, 0.5) is 0 Å². The highest BCUT2D eigenvalue weighted by Gasteiger charge is 2.38. The molecule has 1 saturated heterocycles.